The number of hydrogen-bond donors (Lipinski definition) is 3. The molecule has 8 heteroatoms. The molecule has 0 aromatic carbocycles. The predicted octanol–water partition coefficient (Wildman–Crippen LogP) is 0.763. The van der Waals surface area contributed by atoms with E-state index in [2.05, 4.69) is 10.3 Å². The molecule has 0 unspecified atom stereocenters. The van der Waals surface area contributed by atoms with Gasteiger partial charge < -0.3 is 15.4 Å². The van der Waals surface area contributed by atoms with Gasteiger partial charge in [-0.3, -0.25) is 19.7 Å². The summed E-state index contributed by atoms with van der Waals surface area (Å²) in [6.45, 7) is 2.85. The van der Waals surface area contributed by atoms with Crippen LogP contribution in [-0.4, -0.2) is 33.4 Å². The number of aliphatic carboxylic acids is 1. The van der Waals surface area contributed by atoms with Gasteiger partial charge in [-0.05, 0) is 13.8 Å². The standard InChI is InChI=1S/C10H13N3O5/c1-10(2,9(15)16)5-12-8(14)7-3-6(4-11-7)13(17)18/h3-4,11H,5H2,1-2H3,(H,12,14)(H,15,16). The molecule has 8 nitrogen and oxygen atoms in total. The van der Waals surface area contributed by atoms with Crippen molar-refractivity contribution in [3.8, 4) is 0 Å². The number of nitro groups is 1. The van der Waals surface area contributed by atoms with Gasteiger partial charge in [0.25, 0.3) is 11.6 Å². The molecule has 1 heterocycles. The molecule has 1 aromatic rings. The average molecular weight is 255 g/mol. The number of carbonyl (C=O) groups is 2. The number of amides is 1. The highest BCUT2D eigenvalue weighted by Gasteiger charge is 2.28. The van der Waals surface area contributed by atoms with E-state index in [4.69, 9.17) is 5.11 Å². The Morgan fingerprint density at radius 2 is 2.17 bits per heavy atom. The number of aromatic amines is 1. The van der Waals surface area contributed by atoms with E-state index in [1.807, 2.05) is 0 Å². The quantitative estimate of drug-likeness (QED) is 0.529. The molecule has 98 valence electrons. The van der Waals surface area contributed by atoms with Crippen molar-refractivity contribution in [3.63, 3.8) is 0 Å². The van der Waals surface area contributed by atoms with E-state index in [9.17, 15) is 19.7 Å². The minimum atomic E-state index is -1.10. The smallest absolute Gasteiger partial charge is 0.310 e. The van der Waals surface area contributed by atoms with Crippen LogP contribution in [0.25, 0.3) is 0 Å². The first-order valence-electron chi connectivity index (χ1n) is 5.08. The molecule has 0 bridgehead atoms. The number of rotatable bonds is 5. The maximum absolute atomic E-state index is 11.6. The first-order chi connectivity index (χ1) is 8.24. The monoisotopic (exact) mass is 255 g/mol. The van der Waals surface area contributed by atoms with E-state index in [-0.39, 0.29) is 17.9 Å². The lowest BCUT2D eigenvalue weighted by Crippen LogP contribution is -2.39. The molecular weight excluding hydrogens is 242 g/mol. The zero-order valence-corrected chi connectivity index (χ0v) is 9.89. The lowest BCUT2D eigenvalue weighted by molar-refractivity contribution is -0.384. The van der Waals surface area contributed by atoms with Crippen molar-refractivity contribution in [1.82, 2.24) is 10.3 Å². The van der Waals surface area contributed by atoms with Crippen LogP contribution in [0.4, 0.5) is 5.69 Å². The first-order valence-corrected chi connectivity index (χ1v) is 5.08. The van der Waals surface area contributed by atoms with Gasteiger partial charge in [-0.1, -0.05) is 0 Å². The summed E-state index contributed by atoms with van der Waals surface area (Å²) in [6, 6.07) is 1.09. The van der Waals surface area contributed by atoms with Crippen LogP contribution >= 0.6 is 0 Å². The minimum Gasteiger partial charge on any atom is -0.481 e. The largest absolute Gasteiger partial charge is 0.481 e. The van der Waals surface area contributed by atoms with Gasteiger partial charge in [0.15, 0.2) is 0 Å². The summed E-state index contributed by atoms with van der Waals surface area (Å²) in [5.74, 6) is -1.63. The van der Waals surface area contributed by atoms with Crippen molar-refractivity contribution in [3.05, 3.63) is 28.1 Å². The highest BCUT2D eigenvalue weighted by molar-refractivity contribution is 5.93. The molecule has 1 amide bonds. The number of carbonyl (C=O) groups excluding carboxylic acids is 1. The van der Waals surface area contributed by atoms with Crippen LogP contribution in [0.1, 0.15) is 24.3 Å². The molecule has 1 aromatic heterocycles. The zero-order chi connectivity index (χ0) is 13.9. The summed E-state index contributed by atoms with van der Waals surface area (Å²) in [4.78, 5) is 34.6. The van der Waals surface area contributed by atoms with Gasteiger partial charge in [0.05, 0.1) is 16.5 Å². The molecule has 0 fully saturated rings. The Morgan fingerprint density at radius 3 is 2.61 bits per heavy atom. The van der Waals surface area contributed by atoms with Crippen molar-refractivity contribution < 1.29 is 19.6 Å². The van der Waals surface area contributed by atoms with Gasteiger partial charge in [0, 0.05) is 12.6 Å². The number of H-pyrrole nitrogens is 1. The Labute approximate surface area is 102 Å². The molecule has 1 rings (SSSR count). The molecule has 3 N–H and O–H groups in total. The zero-order valence-electron chi connectivity index (χ0n) is 9.89. The summed E-state index contributed by atoms with van der Waals surface area (Å²) in [6.07, 6.45) is 1.09. The Balaban J connectivity index is 2.66. The average Bonchev–Trinajstić information content (AvgIpc) is 2.75. The van der Waals surface area contributed by atoms with E-state index >= 15 is 0 Å². The summed E-state index contributed by atoms with van der Waals surface area (Å²) in [7, 11) is 0. The highest BCUT2D eigenvalue weighted by Crippen LogP contribution is 2.15. The van der Waals surface area contributed by atoms with Crippen LogP contribution in [0.3, 0.4) is 0 Å². The fourth-order valence-electron chi connectivity index (χ4n) is 1.09. The third-order valence-electron chi connectivity index (χ3n) is 2.39. The fraction of sp³-hybridized carbons (Fsp3) is 0.400. The Kier molecular flexibility index (Phi) is 3.70. The molecule has 0 spiro atoms. The Morgan fingerprint density at radius 1 is 1.56 bits per heavy atom. The van der Waals surface area contributed by atoms with E-state index in [0.29, 0.717) is 0 Å². The molecule has 18 heavy (non-hydrogen) atoms. The van der Waals surface area contributed by atoms with E-state index in [0.717, 1.165) is 12.3 Å². The summed E-state index contributed by atoms with van der Waals surface area (Å²) in [5.41, 5.74) is -1.31. The van der Waals surface area contributed by atoms with Gasteiger partial charge in [0.2, 0.25) is 0 Å². The molecule has 0 saturated heterocycles. The summed E-state index contributed by atoms with van der Waals surface area (Å²) < 4.78 is 0. The van der Waals surface area contributed by atoms with Gasteiger partial charge in [-0.2, -0.15) is 0 Å². The number of hydrogen-bond acceptors (Lipinski definition) is 4. The normalized spacial score (nSPS) is 11.0. The summed E-state index contributed by atoms with van der Waals surface area (Å²) in [5, 5.41) is 21.7. The van der Waals surface area contributed by atoms with Crippen molar-refractivity contribution in [2.75, 3.05) is 6.54 Å². The number of carboxylic acids is 1. The van der Waals surface area contributed by atoms with E-state index in [1.54, 1.807) is 0 Å². The molecule has 0 aliphatic heterocycles. The SMILES string of the molecule is CC(C)(CNC(=O)c1cc([N+](=O)[O-])c[nH]1)C(=O)O. The predicted molar refractivity (Wildman–Crippen MR) is 61.2 cm³/mol. The first kappa shape index (κ1) is 13.7. The topological polar surface area (TPSA) is 125 Å². The molecule has 0 radical (unpaired) electrons. The second-order valence-corrected chi connectivity index (χ2v) is 4.40. The van der Waals surface area contributed by atoms with Crippen LogP contribution in [0, 0.1) is 15.5 Å². The van der Waals surface area contributed by atoms with Crippen LogP contribution in [0.2, 0.25) is 0 Å². The van der Waals surface area contributed by atoms with Crippen molar-refractivity contribution >= 4 is 17.6 Å². The van der Waals surface area contributed by atoms with Gasteiger partial charge in [-0.25, -0.2) is 0 Å². The molecular formula is C10H13N3O5. The third kappa shape index (κ3) is 3.06. The van der Waals surface area contributed by atoms with Crippen LogP contribution < -0.4 is 5.32 Å². The van der Waals surface area contributed by atoms with Crippen molar-refractivity contribution in [2.45, 2.75) is 13.8 Å². The molecule has 0 aliphatic rings. The Bertz CT molecular complexity index is 491. The van der Waals surface area contributed by atoms with Gasteiger partial charge in [-0.15, -0.1) is 0 Å². The van der Waals surface area contributed by atoms with Crippen LogP contribution in [0.15, 0.2) is 12.3 Å². The number of carboxylic acid groups (broad SMARTS) is 1. The number of nitrogens with one attached hydrogen (secondary N) is 2. The number of aromatic nitrogens is 1. The second-order valence-electron chi connectivity index (χ2n) is 4.40. The molecule has 0 atom stereocenters. The highest BCUT2D eigenvalue weighted by atomic mass is 16.6. The van der Waals surface area contributed by atoms with Crippen molar-refractivity contribution in [2.24, 2.45) is 5.41 Å². The maximum atomic E-state index is 11.6. The molecule has 0 aliphatic carbocycles. The lowest BCUT2D eigenvalue weighted by atomic mass is 9.94. The summed E-state index contributed by atoms with van der Waals surface area (Å²) >= 11 is 0. The second kappa shape index (κ2) is 4.86. The van der Waals surface area contributed by atoms with E-state index in [1.165, 1.54) is 13.8 Å². The minimum absolute atomic E-state index is 0.0166. The van der Waals surface area contributed by atoms with Gasteiger partial charge in [0.1, 0.15) is 5.69 Å². The maximum Gasteiger partial charge on any atom is 0.310 e. The van der Waals surface area contributed by atoms with Crippen molar-refractivity contribution in [1.29, 1.82) is 0 Å². The van der Waals surface area contributed by atoms with E-state index < -0.39 is 22.2 Å². The van der Waals surface area contributed by atoms with Crippen LogP contribution in [0.5, 0.6) is 0 Å². The fourth-order valence-corrected chi connectivity index (χ4v) is 1.09. The Hall–Kier alpha value is -2.38. The third-order valence-corrected chi connectivity index (χ3v) is 2.39. The van der Waals surface area contributed by atoms with Gasteiger partial charge >= 0.3 is 5.97 Å². The number of nitrogens with zero attached hydrogens (tertiary/aromatic N) is 1. The van der Waals surface area contributed by atoms with Crippen LogP contribution in [-0.2, 0) is 4.79 Å². The molecule has 0 saturated carbocycles. The lowest BCUT2D eigenvalue weighted by Gasteiger charge is -2.18.